The molecule has 10 rings (SSSR count). The number of aryl methyl sites for hydroxylation is 2. The van der Waals surface area contributed by atoms with Gasteiger partial charge in [-0.05, 0) is 143 Å². The van der Waals surface area contributed by atoms with Gasteiger partial charge in [-0.2, -0.15) is 0 Å². The van der Waals surface area contributed by atoms with E-state index in [1.165, 1.54) is 113 Å². The highest BCUT2D eigenvalue weighted by Gasteiger charge is 2.35. The summed E-state index contributed by atoms with van der Waals surface area (Å²) in [6.07, 6.45) is 26.6. The Morgan fingerprint density at radius 3 is 2.21 bits per heavy atom. The predicted molar refractivity (Wildman–Crippen MR) is 328 cm³/mol. The van der Waals surface area contributed by atoms with E-state index in [4.69, 9.17) is 6.42 Å². The molecule has 4 unspecified atom stereocenters. The molecule has 5 aliphatic heterocycles. The largest absolute Gasteiger partial charge is 0.508 e. The highest BCUT2D eigenvalue weighted by atomic mass is 19.1. The fourth-order valence-electron chi connectivity index (χ4n) is 12.8. The van der Waals surface area contributed by atoms with Gasteiger partial charge in [-0.25, -0.2) is 18.7 Å². The number of hydrogen-bond donors (Lipinski definition) is 3. The summed E-state index contributed by atoms with van der Waals surface area (Å²) in [5.74, 6) is 3.57. The number of likely N-dealkylation sites (tertiary alicyclic amines) is 2. The van der Waals surface area contributed by atoms with Crippen LogP contribution in [0.3, 0.4) is 0 Å². The zero-order valence-electron chi connectivity index (χ0n) is 49.9. The molecule has 2 amide bonds. The van der Waals surface area contributed by atoms with Crippen LogP contribution in [0.25, 0.3) is 32.9 Å². The number of fused-ring (bicyclic) bond motifs is 4. The van der Waals surface area contributed by atoms with E-state index in [2.05, 4.69) is 89.8 Å². The van der Waals surface area contributed by atoms with E-state index in [0.29, 0.717) is 58.1 Å². The summed E-state index contributed by atoms with van der Waals surface area (Å²) in [5, 5.41) is 18.1. The van der Waals surface area contributed by atoms with Gasteiger partial charge in [0.1, 0.15) is 34.4 Å². The Hall–Kier alpha value is -6.30. The number of piperidine rings is 3. The van der Waals surface area contributed by atoms with Crippen molar-refractivity contribution in [3.63, 3.8) is 0 Å². The third-order valence-electron chi connectivity index (χ3n) is 16.9. The van der Waals surface area contributed by atoms with Crippen molar-refractivity contribution in [2.45, 2.75) is 176 Å². The summed E-state index contributed by atoms with van der Waals surface area (Å²) in [5.41, 5.74) is 5.51. The van der Waals surface area contributed by atoms with Gasteiger partial charge in [0.2, 0.25) is 11.8 Å². The van der Waals surface area contributed by atoms with Gasteiger partial charge >= 0.3 is 0 Å². The number of phenols is 1. The van der Waals surface area contributed by atoms with E-state index in [0.717, 1.165) is 94.0 Å². The van der Waals surface area contributed by atoms with Gasteiger partial charge in [-0.1, -0.05) is 110 Å². The quantitative estimate of drug-likeness (QED) is 0.0501. The molecule has 5 fully saturated rings. The van der Waals surface area contributed by atoms with Crippen LogP contribution in [0.15, 0.2) is 65.9 Å². The van der Waals surface area contributed by atoms with Crippen LogP contribution < -0.4 is 15.5 Å². The fraction of sp³-hybridized carbons (Fsp3) is 0.552. The third kappa shape index (κ3) is 15.6. The molecule has 0 spiro atoms. The second-order valence-corrected chi connectivity index (χ2v) is 22.6. The molecule has 3 N–H and O–H groups in total. The topological polar surface area (TPSA) is 139 Å². The van der Waals surface area contributed by atoms with E-state index < -0.39 is 11.6 Å². The van der Waals surface area contributed by atoms with Gasteiger partial charge in [0.15, 0.2) is 5.82 Å². The van der Waals surface area contributed by atoms with Crippen molar-refractivity contribution < 1.29 is 23.5 Å². The first-order valence-electron chi connectivity index (χ1n) is 30.6. The number of aromatic hydroxyl groups is 1. The van der Waals surface area contributed by atoms with Gasteiger partial charge in [0, 0.05) is 81.1 Å². The molecule has 12 nitrogen and oxygen atoms in total. The van der Waals surface area contributed by atoms with Crippen molar-refractivity contribution in [3.05, 3.63) is 101 Å². The lowest BCUT2D eigenvalue weighted by Crippen LogP contribution is -2.51. The molecule has 0 radical (unpaired) electrons. The minimum absolute atomic E-state index is 0.000923. The number of aromatic nitrogens is 3. The molecule has 14 heteroatoms. The Balaban J connectivity index is 0.000000225. The maximum atomic E-state index is 16.0. The minimum atomic E-state index is -0.665. The molecule has 0 saturated carbocycles. The van der Waals surface area contributed by atoms with Crippen molar-refractivity contribution in [2.75, 3.05) is 57.8 Å². The second kappa shape index (κ2) is 30.1. The number of piperazine rings is 1. The van der Waals surface area contributed by atoms with E-state index in [1.807, 2.05) is 27.7 Å². The maximum absolute atomic E-state index is 16.0. The Bertz CT molecular complexity index is 3020. The molecule has 5 aliphatic rings. The van der Waals surface area contributed by atoms with Crippen LogP contribution in [0.1, 0.15) is 178 Å². The van der Waals surface area contributed by atoms with Crippen LogP contribution >= 0.6 is 0 Å². The smallest absolute Gasteiger partial charge is 0.233 e. The van der Waals surface area contributed by atoms with Crippen molar-refractivity contribution >= 4 is 45.0 Å². The summed E-state index contributed by atoms with van der Waals surface area (Å²) in [6, 6.07) is 12.9. The normalized spacial score (nSPS) is 20.4. The molecule has 2 aromatic heterocycles. The summed E-state index contributed by atoms with van der Waals surface area (Å²) in [6.45, 7) is 25.3. The van der Waals surface area contributed by atoms with Crippen LogP contribution in [-0.2, 0) is 9.59 Å². The number of benzene rings is 3. The Kier molecular flexibility index (Phi) is 23.2. The summed E-state index contributed by atoms with van der Waals surface area (Å²) in [4.78, 5) is 50.4. The number of rotatable bonds is 16. The molecule has 436 valence electrons. The summed E-state index contributed by atoms with van der Waals surface area (Å²) in [7, 11) is 1.78. The van der Waals surface area contributed by atoms with Crippen LogP contribution in [-0.4, -0.2) is 112 Å². The Morgan fingerprint density at radius 1 is 0.864 bits per heavy atom. The summed E-state index contributed by atoms with van der Waals surface area (Å²) >= 11 is 0. The van der Waals surface area contributed by atoms with Crippen LogP contribution in [0.2, 0.25) is 0 Å². The fourth-order valence-corrected chi connectivity index (χ4v) is 12.8. The van der Waals surface area contributed by atoms with Crippen LogP contribution in [0.4, 0.5) is 14.6 Å². The lowest BCUT2D eigenvalue weighted by atomic mass is 9.83. The minimum Gasteiger partial charge on any atom is -0.508 e. The number of nitrogens with one attached hydrogen (secondary N) is 2. The number of carbonyl (C=O) groups is 2. The zero-order valence-corrected chi connectivity index (χ0v) is 49.9. The predicted octanol–water partition coefficient (Wildman–Crippen LogP) is 13.5. The number of allylic oxidation sites excluding steroid dienone is 1. The number of terminal acetylenes is 1. The molecular weight excluding hydrogens is 1020 g/mol. The number of amides is 2. The van der Waals surface area contributed by atoms with Crippen molar-refractivity contribution in [2.24, 2.45) is 16.8 Å². The van der Waals surface area contributed by atoms with E-state index >= 15 is 4.39 Å². The molecule has 0 aliphatic carbocycles. The molecular formula is C67H91F2N9O3. The van der Waals surface area contributed by atoms with Crippen molar-refractivity contribution in [1.82, 2.24) is 35.4 Å². The van der Waals surface area contributed by atoms with Crippen molar-refractivity contribution in [1.29, 1.82) is 0 Å². The Labute approximate surface area is 482 Å². The Morgan fingerprint density at radius 2 is 1.56 bits per heavy atom. The second-order valence-electron chi connectivity index (χ2n) is 22.6. The average Bonchev–Trinajstić information content (AvgIpc) is 3.88. The monoisotopic (exact) mass is 1110 g/mol. The van der Waals surface area contributed by atoms with Crippen molar-refractivity contribution in [3.8, 4) is 29.4 Å². The number of nitrogens with zero attached hydrogens (tertiary/aromatic N) is 7. The van der Waals surface area contributed by atoms with Gasteiger partial charge < -0.3 is 30.4 Å². The molecule has 3 aromatic carbocycles. The zero-order chi connectivity index (χ0) is 58.2. The number of unbranched alkanes of at least 4 members (excludes halogenated alkanes) is 7. The number of halogens is 2. The number of carbonyl (C=O) groups excluding carboxylic acids is 2. The van der Waals surface area contributed by atoms with Crippen LogP contribution in [0.5, 0.6) is 5.75 Å². The lowest BCUT2D eigenvalue weighted by Gasteiger charge is -2.34. The number of aliphatic imine (C=N–C) groups is 1. The first-order chi connectivity index (χ1) is 39.3. The van der Waals surface area contributed by atoms with E-state index in [-0.39, 0.29) is 39.9 Å². The highest BCUT2D eigenvalue weighted by Crippen LogP contribution is 2.39. The van der Waals surface area contributed by atoms with Gasteiger partial charge in [-0.15, -0.1) is 6.42 Å². The van der Waals surface area contributed by atoms with Gasteiger partial charge in [-0.3, -0.25) is 19.6 Å². The molecule has 2 bridgehead atoms. The molecule has 4 atom stereocenters. The van der Waals surface area contributed by atoms with Gasteiger partial charge in [0.25, 0.3) is 0 Å². The average molecular weight is 1110 g/mol. The first kappa shape index (κ1) is 62.3. The number of hydrogen-bond acceptors (Lipinski definition) is 10. The third-order valence-corrected chi connectivity index (χ3v) is 16.9. The number of anilines is 1. The van der Waals surface area contributed by atoms with E-state index in [9.17, 15) is 19.1 Å². The van der Waals surface area contributed by atoms with Gasteiger partial charge in [0.05, 0.1) is 22.6 Å². The molecule has 5 saturated heterocycles. The van der Waals surface area contributed by atoms with Crippen LogP contribution in [0, 0.1) is 49.7 Å². The SMILES string of the molecule is C#Cc1c(F)ccc2cc(O)cc(-c3ncc4c(N5CC6CCC(C5)N6)nc(C)nc4c3F)c12.C=C1CCC(C(=NC)c2ccc(C3CCN(C(=O)CCCCCCCCCCN4CCCC(C)C4)CC3)cc2C)C(=O)N1.CC.CC. The standard InChI is InChI=1S/C37H58N4O2.C26H21F2N5O.2C2H6/c1-28-14-13-23-40(27-28)22-12-10-8-6-5-7-9-11-15-35(42)41-24-20-31(21-25-41)32-17-19-33(29(2)26-32)36(38-4)34-18-16-30(3)39-37(34)43;1-3-18-21(27)7-4-14-8-17(34)9-19(22(14)18)24-23(28)25-20(10-29-24)26(31-13(2)30-25)33-11-15-5-6-16(12-33)32-15;2*1-2/h17,19,26,28,31,34H,3,5-16,18,20-25,27H2,1-2,4H3,(H,39,43);1,4,7-10,15-16,32,34H,5-6,11-12H2,2H3;2*1-2H3. The highest BCUT2D eigenvalue weighted by molar-refractivity contribution is 6.14. The lowest BCUT2D eigenvalue weighted by molar-refractivity contribution is -0.132. The number of pyridine rings is 1. The summed E-state index contributed by atoms with van der Waals surface area (Å²) < 4.78 is 30.5. The molecule has 7 heterocycles. The van der Waals surface area contributed by atoms with E-state index in [1.54, 1.807) is 20.2 Å². The maximum Gasteiger partial charge on any atom is 0.233 e. The molecule has 5 aromatic rings. The molecule has 81 heavy (non-hydrogen) atoms. The number of phenolic OH excluding ortho intramolecular Hbond substituents is 1. The first-order valence-corrected chi connectivity index (χ1v) is 30.6.